The molecule has 0 atom stereocenters. The first-order chi connectivity index (χ1) is 10.1. The molecule has 114 valence electrons. The van der Waals surface area contributed by atoms with Gasteiger partial charge in [0.25, 0.3) is 0 Å². The monoisotopic (exact) mass is 287 g/mol. The van der Waals surface area contributed by atoms with Crippen LogP contribution in [0.5, 0.6) is 0 Å². The summed E-state index contributed by atoms with van der Waals surface area (Å²) in [7, 11) is 3.59. The fourth-order valence-corrected chi connectivity index (χ4v) is 2.40. The first-order valence-electron chi connectivity index (χ1n) is 7.60. The average Bonchev–Trinajstić information content (AvgIpc) is 2.87. The fraction of sp³-hybridized carbons (Fsp3) is 0.471. The second-order valence-corrected chi connectivity index (χ2v) is 5.62. The summed E-state index contributed by atoms with van der Waals surface area (Å²) in [5.41, 5.74) is 2.50. The number of nitrogens with zero attached hydrogens (tertiary/aromatic N) is 2. The van der Waals surface area contributed by atoms with Gasteiger partial charge in [0.05, 0.1) is 0 Å². The molecule has 1 aromatic carbocycles. The Kier molecular flexibility index (Phi) is 5.39. The highest BCUT2D eigenvalue weighted by Gasteiger charge is 2.06. The second-order valence-electron chi connectivity index (χ2n) is 5.62. The molecule has 1 N–H and O–H groups in total. The molecular weight excluding hydrogens is 262 g/mol. The number of hydrogen-bond donors (Lipinski definition) is 1. The van der Waals surface area contributed by atoms with Crippen LogP contribution in [0, 0.1) is 0 Å². The quantitative estimate of drug-likeness (QED) is 0.795. The van der Waals surface area contributed by atoms with E-state index in [1.165, 1.54) is 16.5 Å². The third-order valence-corrected chi connectivity index (χ3v) is 3.66. The number of fused-ring (bicyclic) bond motifs is 1. The fourth-order valence-electron chi connectivity index (χ4n) is 2.40. The van der Waals surface area contributed by atoms with E-state index in [0.717, 1.165) is 26.1 Å². The maximum absolute atomic E-state index is 11.7. The summed E-state index contributed by atoms with van der Waals surface area (Å²) in [5.74, 6) is 0.164. The summed E-state index contributed by atoms with van der Waals surface area (Å²) in [5, 5.41) is 4.66. The number of hydrogen-bond acceptors (Lipinski definition) is 2. The molecule has 0 aliphatic carbocycles. The number of benzene rings is 1. The van der Waals surface area contributed by atoms with Crippen LogP contribution >= 0.6 is 0 Å². The Balaban J connectivity index is 2.04. The predicted octanol–water partition coefficient (Wildman–Crippen LogP) is 2.62. The maximum atomic E-state index is 11.7. The van der Waals surface area contributed by atoms with E-state index in [-0.39, 0.29) is 5.91 Å². The lowest BCUT2D eigenvalue weighted by molar-refractivity contribution is -0.128. The highest BCUT2D eigenvalue weighted by molar-refractivity contribution is 5.81. The number of aromatic nitrogens is 1. The van der Waals surface area contributed by atoms with Crippen LogP contribution < -0.4 is 5.32 Å². The van der Waals surface area contributed by atoms with Crippen molar-refractivity contribution >= 4 is 16.8 Å². The van der Waals surface area contributed by atoms with Crippen molar-refractivity contribution in [3.63, 3.8) is 0 Å². The first kappa shape index (κ1) is 15.6. The van der Waals surface area contributed by atoms with Crippen molar-refractivity contribution in [2.45, 2.75) is 32.9 Å². The molecule has 0 bridgehead atoms. The van der Waals surface area contributed by atoms with Gasteiger partial charge in [-0.15, -0.1) is 0 Å². The van der Waals surface area contributed by atoms with Crippen molar-refractivity contribution in [3.8, 4) is 0 Å². The second kappa shape index (κ2) is 7.27. The molecule has 0 saturated heterocycles. The molecule has 1 amide bonds. The van der Waals surface area contributed by atoms with Gasteiger partial charge in [0.1, 0.15) is 0 Å². The topological polar surface area (TPSA) is 37.3 Å². The van der Waals surface area contributed by atoms with Gasteiger partial charge in [-0.05, 0) is 42.1 Å². The number of nitrogens with one attached hydrogen (secondary N) is 1. The zero-order chi connectivity index (χ0) is 15.2. The normalized spacial score (nSPS) is 11.0. The van der Waals surface area contributed by atoms with E-state index in [0.29, 0.717) is 6.42 Å². The van der Waals surface area contributed by atoms with E-state index in [4.69, 9.17) is 0 Å². The van der Waals surface area contributed by atoms with Crippen LogP contribution in [0.3, 0.4) is 0 Å². The minimum atomic E-state index is 0.164. The summed E-state index contributed by atoms with van der Waals surface area (Å²) in [6.45, 7) is 4.86. The van der Waals surface area contributed by atoms with E-state index < -0.39 is 0 Å². The molecule has 2 rings (SSSR count). The zero-order valence-electron chi connectivity index (χ0n) is 13.2. The van der Waals surface area contributed by atoms with Gasteiger partial charge < -0.3 is 14.8 Å². The summed E-state index contributed by atoms with van der Waals surface area (Å²) in [6, 6.07) is 8.66. The van der Waals surface area contributed by atoms with Crippen LogP contribution in [-0.4, -0.2) is 36.0 Å². The van der Waals surface area contributed by atoms with Gasteiger partial charge in [-0.2, -0.15) is 0 Å². The van der Waals surface area contributed by atoms with Crippen LogP contribution in [0.2, 0.25) is 0 Å². The number of aryl methyl sites for hydroxylation is 1. The molecule has 0 radical (unpaired) electrons. The minimum Gasteiger partial charge on any atom is -0.349 e. The third kappa shape index (κ3) is 4.08. The highest BCUT2D eigenvalue weighted by atomic mass is 16.2. The Morgan fingerprint density at radius 2 is 2.10 bits per heavy atom. The van der Waals surface area contributed by atoms with Crippen LogP contribution in [0.1, 0.15) is 25.3 Å². The van der Waals surface area contributed by atoms with E-state index in [2.05, 4.69) is 47.3 Å². The Morgan fingerprint density at radius 3 is 2.81 bits per heavy atom. The lowest BCUT2D eigenvalue weighted by Crippen LogP contribution is -2.22. The van der Waals surface area contributed by atoms with Crippen molar-refractivity contribution in [2.75, 3.05) is 20.6 Å². The molecule has 1 heterocycles. The largest absolute Gasteiger partial charge is 0.349 e. The molecule has 1 aromatic heterocycles. The molecule has 4 heteroatoms. The summed E-state index contributed by atoms with van der Waals surface area (Å²) in [4.78, 5) is 13.3. The zero-order valence-corrected chi connectivity index (χ0v) is 13.2. The predicted molar refractivity (Wildman–Crippen MR) is 87.2 cm³/mol. The van der Waals surface area contributed by atoms with Gasteiger partial charge in [0.15, 0.2) is 0 Å². The Morgan fingerprint density at radius 1 is 1.29 bits per heavy atom. The third-order valence-electron chi connectivity index (χ3n) is 3.66. The van der Waals surface area contributed by atoms with E-state index in [1.807, 2.05) is 0 Å². The molecule has 0 aliphatic heterocycles. The number of carbonyl (C=O) groups is 1. The summed E-state index contributed by atoms with van der Waals surface area (Å²) in [6.07, 6.45) is 3.76. The van der Waals surface area contributed by atoms with Crippen LogP contribution in [0.4, 0.5) is 0 Å². The van der Waals surface area contributed by atoms with Crippen LogP contribution in [-0.2, 0) is 17.9 Å². The molecule has 0 unspecified atom stereocenters. The van der Waals surface area contributed by atoms with Gasteiger partial charge in [-0.1, -0.05) is 13.0 Å². The number of amides is 1. The Bertz CT molecular complexity index is 601. The van der Waals surface area contributed by atoms with Gasteiger partial charge in [0.2, 0.25) is 5.91 Å². The number of carbonyl (C=O) groups excluding carboxylic acids is 1. The first-order valence-corrected chi connectivity index (χ1v) is 7.60. The van der Waals surface area contributed by atoms with Gasteiger partial charge >= 0.3 is 0 Å². The Hall–Kier alpha value is -1.81. The van der Waals surface area contributed by atoms with Gasteiger partial charge in [-0.25, -0.2) is 0 Å². The minimum absolute atomic E-state index is 0.164. The van der Waals surface area contributed by atoms with Crippen molar-refractivity contribution < 1.29 is 4.79 Å². The summed E-state index contributed by atoms with van der Waals surface area (Å²) >= 11 is 0. The molecule has 0 spiro atoms. The molecule has 0 fully saturated rings. The molecular formula is C17H25N3O. The lowest BCUT2D eigenvalue weighted by atomic mass is 10.1. The van der Waals surface area contributed by atoms with Crippen LogP contribution in [0.15, 0.2) is 30.5 Å². The Labute approximate surface area is 126 Å². The van der Waals surface area contributed by atoms with Crippen molar-refractivity contribution in [1.29, 1.82) is 0 Å². The van der Waals surface area contributed by atoms with Gasteiger partial charge in [0, 0.05) is 45.3 Å². The van der Waals surface area contributed by atoms with Gasteiger partial charge in [-0.3, -0.25) is 4.79 Å². The van der Waals surface area contributed by atoms with Crippen LogP contribution in [0.25, 0.3) is 10.9 Å². The number of rotatable bonds is 7. The van der Waals surface area contributed by atoms with Crippen molar-refractivity contribution in [3.05, 3.63) is 36.0 Å². The average molecular weight is 287 g/mol. The highest BCUT2D eigenvalue weighted by Crippen LogP contribution is 2.18. The summed E-state index contributed by atoms with van der Waals surface area (Å²) < 4.78 is 2.15. The molecule has 0 saturated carbocycles. The molecule has 4 nitrogen and oxygen atoms in total. The molecule has 2 aromatic rings. The maximum Gasteiger partial charge on any atom is 0.223 e. The van der Waals surface area contributed by atoms with E-state index in [1.54, 1.807) is 19.0 Å². The van der Waals surface area contributed by atoms with E-state index in [9.17, 15) is 4.79 Å². The smallest absolute Gasteiger partial charge is 0.223 e. The SMILES string of the molecule is CCCNCc1ccc2c(ccn2CCC(=O)N(C)C)c1. The van der Waals surface area contributed by atoms with E-state index >= 15 is 0 Å². The van der Waals surface area contributed by atoms with Crippen molar-refractivity contribution in [1.82, 2.24) is 14.8 Å². The molecule has 0 aliphatic rings. The van der Waals surface area contributed by atoms with Crippen molar-refractivity contribution in [2.24, 2.45) is 0 Å². The standard InChI is InChI=1S/C17H25N3O/c1-4-9-18-13-14-5-6-16-15(12-14)7-10-20(16)11-8-17(21)19(2)3/h5-7,10,12,18H,4,8-9,11,13H2,1-3H3. The molecule has 21 heavy (non-hydrogen) atoms. The lowest BCUT2D eigenvalue weighted by Gasteiger charge is -2.11.